The zero-order valence-electron chi connectivity index (χ0n) is 19.9. The van der Waals surface area contributed by atoms with Gasteiger partial charge in [-0.25, -0.2) is 0 Å². The van der Waals surface area contributed by atoms with Crippen LogP contribution in [-0.2, 0) is 4.79 Å². The molecule has 1 fully saturated rings. The monoisotopic (exact) mass is 496 g/mol. The van der Waals surface area contributed by atoms with Crippen molar-refractivity contribution in [1.82, 2.24) is 10.2 Å². The highest BCUT2D eigenvalue weighted by Gasteiger charge is 2.34. The number of amides is 2. The minimum Gasteiger partial charge on any atom is -0.490 e. The molecule has 0 spiro atoms. The van der Waals surface area contributed by atoms with Gasteiger partial charge in [-0.2, -0.15) is 0 Å². The van der Waals surface area contributed by atoms with E-state index in [0.717, 1.165) is 5.69 Å². The van der Waals surface area contributed by atoms with Crippen LogP contribution in [0.4, 0.5) is 10.8 Å². The normalized spacial score (nSPS) is 15.2. The zero-order chi connectivity index (χ0) is 24.8. The second kappa shape index (κ2) is 11.2. The van der Waals surface area contributed by atoms with E-state index in [1.165, 1.54) is 11.3 Å². The van der Waals surface area contributed by atoms with Crippen LogP contribution in [0, 0.1) is 0 Å². The summed E-state index contributed by atoms with van der Waals surface area (Å²) in [6.07, 6.45) is 0.353. The van der Waals surface area contributed by atoms with Crippen molar-refractivity contribution in [2.75, 3.05) is 36.6 Å². The van der Waals surface area contributed by atoms with Crippen molar-refractivity contribution in [3.8, 4) is 17.2 Å². The number of carbonyl (C=O) groups excluding carboxylic acids is 2. The quantitative estimate of drug-likeness (QED) is 0.441. The molecular weight excluding hydrogens is 468 g/mol. The summed E-state index contributed by atoms with van der Waals surface area (Å²) >= 11 is 1.27. The van der Waals surface area contributed by atoms with Crippen molar-refractivity contribution in [3.05, 3.63) is 53.0 Å². The van der Waals surface area contributed by atoms with E-state index < -0.39 is 0 Å². The molecule has 9 nitrogen and oxygen atoms in total. The topological polar surface area (TPSA) is 103 Å². The van der Waals surface area contributed by atoms with Gasteiger partial charge in [-0.15, -0.1) is 10.2 Å². The number of carbonyl (C=O) groups is 2. The molecule has 2 aromatic carbocycles. The molecule has 1 unspecified atom stereocenters. The maximum absolute atomic E-state index is 13.0. The molecule has 1 atom stereocenters. The molecule has 2 heterocycles. The first-order valence-electron chi connectivity index (χ1n) is 11.6. The second-order valence-electron chi connectivity index (χ2n) is 7.74. The maximum Gasteiger partial charge on any atom is 0.257 e. The van der Waals surface area contributed by atoms with Gasteiger partial charge in [0.2, 0.25) is 16.8 Å². The highest BCUT2D eigenvalue weighted by atomic mass is 32.1. The average molecular weight is 497 g/mol. The molecule has 2 amide bonds. The minimum absolute atomic E-state index is 0.0447. The predicted molar refractivity (Wildman–Crippen MR) is 134 cm³/mol. The van der Waals surface area contributed by atoms with Gasteiger partial charge in [0.15, 0.2) is 11.5 Å². The molecule has 35 heavy (non-hydrogen) atoms. The molecular formula is C25H28N4O5S. The van der Waals surface area contributed by atoms with Crippen molar-refractivity contribution in [2.45, 2.75) is 33.1 Å². The van der Waals surface area contributed by atoms with E-state index in [4.69, 9.17) is 14.2 Å². The molecule has 0 radical (unpaired) electrons. The second-order valence-corrected chi connectivity index (χ2v) is 8.75. The van der Waals surface area contributed by atoms with Crippen molar-refractivity contribution >= 4 is 34.0 Å². The number of para-hydroxylation sites is 1. The van der Waals surface area contributed by atoms with Crippen LogP contribution >= 0.6 is 11.3 Å². The Morgan fingerprint density at radius 1 is 1.03 bits per heavy atom. The van der Waals surface area contributed by atoms with Gasteiger partial charge >= 0.3 is 0 Å². The molecule has 1 aromatic heterocycles. The summed E-state index contributed by atoms with van der Waals surface area (Å²) in [5.74, 6) is 0.947. The Labute approximate surface area is 208 Å². The van der Waals surface area contributed by atoms with Gasteiger partial charge < -0.3 is 19.1 Å². The highest BCUT2D eigenvalue weighted by Crippen LogP contribution is 2.39. The summed E-state index contributed by atoms with van der Waals surface area (Å²) in [5.41, 5.74) is 1.21. The standard InChI is InChI=1S/C25H28N4O5S/c1-4-32-19-12-16(13-20(33-5-2)22(19)34-6-3)23(31)26-25-28-27-24(35-25)17-14-21(30)29(15-17)18-10-8-7-9-11-18/h7-13,17H,4-6,14-15H2,1-3H3,(H,26,28,31). The van der Waals surface area contributed by atoms with Gasteiger partial charge in [-0.05, 0) is 45.0 Å². The Kier molecular flexibility index (Phi) is 7.81. The smallest absolute Gasteiger partial charge is 0.257 e. The fourth-order valence-corrected chi connectivity index (χ4v) is 4.70. The van der Waals surface area contributed by atoms with Crippen LogP contribution in [0.2, 0.25) is 0 Å². The molecule has 3 aromatic rings. The number of nitrogens with zero attached hydrogens (tertiary/aromatic N) is 3. The van der Waals surface area contributed by atoms with Crippen molar-refractivity contribution in [1.29, 1.82) is 0 Å². The minimum atomic E-state index is -0.369. The highest BCUT2D eigenvalue weighted by molar-refractivity contribution is 7.15. The van der Waals surface area contributed by atoms with E-state index in [-0.39, 0.29) is 17.7 Å². The number of anilines is 2. The van der Waals surface area contributed by atoms with Gasteiger partial charge in [-0.3, -0.25) is 14.9 Å². The lowest BCUT2D eigenvalue weighted by Gasteiger charge is -2.16. The lowest BCUT2D eigenvalue weighted by atomic mass is 10.1. The number of ether oxygens (including phenoxy) is 3. The van der Waals surface area contributed by atoms with Gasteiger partial charge in [0.05, 0.1) is 19.8 Å². The Morgan fingerprint density at radius 3 is 2.31 bits per heavy atom. The number of rotatable bonds is 10. The van der Waals surface area contributed by atoms with Crippen molar-refractivity contribution in [3.63, 3.8) is 0 Å². The number of aromatic nitrogens is 2. The van der Waals surface area contributed by atoms with Crippen LogP contribution in [0.25, 0.3) is 0 Å². The number of hydrogen-bond donors (Lipinski definition) is 1. The predicted octanol–water partition coefficient (Wildman–Crippen LogP) is 4.51. The largest absolute Gasteiger partial charge is 0.490 e. The Bertz CT molecular complexity index is 1160. The fraction of sp³-hybridized carbons (Fsp3) is 0.360. The van der Waals surface area contributed by atoms with E-state index in [2.05, 4.69) is 15.5 Å². The summed E-state index contributed by atoms with van der Waals surface area (Å²) in [5, 5.41) is 12.3. The van der Waals surface area contributed by atoms with Crippen molar-refractivity contribution < 1.29 is 23.8 Å². The first kappa shape index (κ1) is 24.5. The van der Waals surface area contributed by atoms with E-state index in [0.29, 0.717) is 65.7 Å². The Morgan fingerprint density at radius 2 is 1.69 bits per heavy atom. The van der Waals surface area contributed by atoms with Gasteiger partial charge in [-0.1, -0.05) is 29.5 Å². The third-order valence-electron chi connectivity index (χ3n) is 5.37. The van der Waals surface area contributed by atoms with Crippen LogP contribution < -0.4 is 24.4 Å². The van der Waals surface area contributed by atoms with Gasteiger partial charge in [0.1, 0.15) is 5.01 Å². The van der Waals surface area contributed by atoms with E-state index in [1.807, 2.05) is 51.1 Å². The molecule has 0 bridgehead atoms. The fourth-order valence-electron chi connectivity index (χ4n) is 3.87. The molecule has 0 saturated carbocycles. The van der Waals surface area contributed by atoms with Crippen molar-refractivity contribution in [2.24, 2.45) is 0 Å². The number of hydrogen-bond acceptors (Lipinski definition) is 8. The number of benzene rings is 2. The summed E-state index contributed by atoms with van der Waals surface area (Å²) in [4.78, 5) is 27.3. The van der Waals surface area contributed by atoms with Crippen LogP contribution in [0.3, 0.4) is 0 Å². The molecule has 1 N–H and O–H groups in total. The SMILES string of the molecule is CCOc1cc(C(=O)Nc2nnc(C3CC(=O)N(c4ccccc4)C3)s2)cc(OCC)c1OCC. The van der Waals surface area contributed by atoms with E-state index in [1.54, 1.807) is 17.0 Å². The molecule has 1 saturated heterocycles. The molecule has 10 heteroatoms. The number of nitrogens with one attached hydrogen (secondary N) is 1. The molecule has 1 aliphatic heterocycles. The van der Waals surface area contributed by atoms with Gasteiger partial charge in [0, 0.05) is 30.1 Å². The van der Waals surface area contributed by atoms with Crippen LogP contribution in [0.1, 0.15) is 48.5 Å². The first-order valence-corrected chi connectivity index (χ1v) is 12.4. The maximum atomic E-state index is 13.0. The van der Waals surface area contributed by atoms with Crippen LogP contribution in [0.15, 0.2) is 42.5 Å². The van der Waals surface area contributed by atoms with E-state index in [9.17, 15) is 9.59 Å². The first-order chi connectivity index (χ1) is 17.0. The molecule has 184 valence electrons. The average Bonchev–Trinajstić information content (AvgIpc) is 3.48. The third-order valence-corrected chi connectivity index (χ3v) is 6.38. The summed E-state index contributed by atoms with van der Waals surface area (Å²) in [6.45, 7) is 7.38. The van der Waals surface area contributed by atoms with E-state index >= 15 is 0 Å². The lowest BCUT2D eigenvalue weighted by molar-refractivity contribution is -0.117. The molecule has 1 aliphatic rings. The van der Waals surface area contributed by atoms with Crippen LogP contribution in [-0.4, -0.2) is 48.4 Å². The Hall–Kier alpha value is -3.66. The molecule has 0 aliphatic carbocycles. The zero-order valence-corrected chi connectivity index (χ0v) is 20.8. The summed E-state index contributed by atoms with van der Waals surface area (Å²) in [7, 11) is 0. The summed E-state index contributed by atoms with van der Waals surface area (Å²) < 4.78 is 17.1. The summed E-state index contributed by atoms with van der Waals surface area (Å²) in [6, 6.07) is 12.8. The van der Waals surface area contributed by atoms with Crippen LogP contribution in [0.5, 0.6) is 17.2 Å². The Balaban J connectivity index is 1.49. The van der Waals surface area contributed by atoms with Gasteiger partial charge in [0.25, 0.3) is 5.91 Å². The molecule has 4 rings (SSSR count). The lowest BCUT2D eigenvalue weighted by Crippen LogP contribution is -2.24. The third kappa shape index (κ3) is 5.54.